The second-order valence-electron chi connectivity index (χ2n) is 6.09. The van der Waals surface area contributed by atoms with Gasteiger partial charge in [-0.1, -0.05) is 32.0 Å². The van der Waals surface area contributed by atoms with Gasteiger partial charge < -0.3 is 20.1 Å². The summed E-state index contributed by atoms with van der Waals surface area (Å²) >= 11 is 0. The third kappa shape index (κ3) is 3.98. The number of ether oxygens (including phenoxy) is 2. The first kappa shape index (κ1) is 16.2. The molecule has 3 rings (SSSR count). The molecule has 0 atom stereocenters. The van der Waals surface area contributed by atoms with Gasteiger partial charge in [-0.05, 0) is 41.3 Å². The Morgan fingerprint density at radius 1 is 1.08 bits per heavy atom. The molecule has 1 aliphatic rings. The Bertz CT molecular complexity index is 711. The Morgan fingerprint density at radius 2 is 1.83 bits per heavy atom. The highest BCUT2D eigenvalue weighted by atomic mass is 16.7. The Morgan fingerprint density at radius 3 is 2.58 bits per heavy atom. The molecule has 24 heavy (non-hydrogen) atoms. The van der Waals surface area contributed by atoms with Crippen LogP contribution in [0.1, 0.15) is 30.9 Å². The molecule has 0 saturated heterocycles. The number of hydrogen-bond donors (Lipinski definition) is 2. The first-order valence-corrected chi connectivity index (χ1v) is 8.11. The Hall–Kier alpha value is -2.69. The highest BCUT2D eigenvalue weighted by molar-refractivity contribution is 5.80. The summed E-state index contributed by atoms with van der Waals surface area (Å²) in [6.45, 7) is 5.28. The first-order chi connectivity index (χ1) is 11.6. The molecule has 1 amide bonds. The third-order valence-electron chi connectivity index (χ3n) is 3.96. The van der Waals surface area contributed by atoms with Crippen LogP contribution >= 0.6 is 0 Å². The van der Waals surface area contributed by atoms with E-state index in [0.29, 0.717) is 12.5 Å². The monoisotopic (exact) mass is 326 g/mol. The van der Waals surface area contributed by atoms with Crippen molar-refractivity contribution in [3.63, 3.8) is 0 Å². The van der Waals surface area contributed by atoms with Gasteiger partial charge in [-0.2, -0.15) is 0 Å². The Labute approximate surface area is 142 Å². The summed E-state index contributed by atoms with van der Waals surface area (Å²) in [5.41, 5.74) is 3.21. The molecule has 0 radical (unpaired) electrons. The number of anilines is 1. The van der Waals surface area contributed by atoms with Crippen molar-refractivity contribution in [3.8, 4) is 11.5 Å². The molecule has 1 aliphatic heterocycles. The molecule has 0 aromatic heterocycles. The van der Waals surface area contributed by atoms with Crippen molar-refractivity contribution in [3.05, 3.63) is 53.6 Å². The molecule has 0 fully saturated rings. The standard InChI is InChI=1S/C19H22N2O3/c1-13(2)15-4-6-16(7-5-15)20-11-19(22)21-10-14-3-8-17-18(9-14)24-12-23-17/h3-9,13,20H,10-12H2,1-2H3,(H,21,22). The topological polar surface area (TPSA) is 59.6 Å². The molecular weight excluding hydrogens is 304 g/mol. The van der Waals surface area contributed by atoms with Crippen LogP contribution < -0.4 is 20.1 Å². The van der Waals surface area contributed by atoms with E-state index in [9.17, 15) is 4.79 Å². The van der Waals surface area contributed by atoms with Gasteiger partial charge in [0.2, 0.25) is 12.7 Å². The molecule has 1 heterocycles. The van der Waals surface area contributed by atoms with E-state index in [-0.39, 0.29) is 19.2 Å². The fourth-order valence-corrected chi connectivity index (χ4v) is 2.48. The van der Waals surface area contributed by atoms with Crippen molar-refractivity contribution >= 4 is 11.6 Å². The van der Waals surface area contributed by atoms with Gasteiger partial charge >= 0.3 is 0 Å². The largest absolute Gasteiger partial charge is 0.454 e. The zero-order valence-electron chi connectivity index (χ0n) is 14.0. The molecule has 0 aliphatic carbocycles. The van der Waals surface area contributed by atoms with Crippen molar-refractivity contribution in [2.24, 2.45) is 0 Å². The number of benzene rings is 2. The van der Waals surface area contributed by atoms with E-state index in [1.807, 2.05) is 30.3 Å². The van der Waals surface area contributed by atoms with E-state index in [2.05, 4.69) is 36.6 Å². The van der Waals surface area contributed by atoms with Crippen LogP contribution in [-0.4, -0.2) is 19.2 Å². The first-order valence-electron chi connectivity index (χ1n) is 8.11. The van der Waals surface area contributed by atoms with Crippen molar-refractivity contribution in [1.82, 2.24) is 5.32 Å². The summed E-state index contributed by atoms with van der Waals surface area (Å²) in [5.74, 6) is 1.92. The summed E-state index contributed by atoms with van der Waals surface area (Å²) in [6.07, 6.45) is 0. The maximum Gasteiger partial charge on any atom is 0.239 e. The fourth-order valence-electron chi connectivity index (χ4n) is 2.48. The molecule has 2 N–H and O–H groups in total. The van der Waals surface area contributed by atoms with E-state index in [1.165, 1.54) is 5.56 Å². The predicted molar refractivity (Wildman–Crippen MR) is 93.4 cm³/mol. The summed E-state index contributed by atoms with van der Waals surface area (Å²) in [7, 11) is 0. The van der Waals surface area contributed by atoms with E-state index in [4.69, 9.17) is 9.47 Å². The van der Waals surface area contributed by atoms with Crippen molar-refractivity contribution < 1.29 is 14.3 Å². The number of fused-ring (bicyclic) bond motifs is 1. The van der Waals surface area contributed by atoms with E-state index < -0.39 is 0 Å². The normalized spacial score (nSPS) is 12.3. The van der Waals surface area contributed by atoms with Gasteiger partial charge in [0.1, 0.15) is 0 Å². The number of rotatable bonds is 6. The van der Waals surface area contributed by atoms with Gasteiger partial charge in [0.05, 0.1) is 6.54 Å². The van der Waals surface area contributed by atoms with Crippen LogP contribution in [0.3, 0.4) is 0 Å². The summed E-state index contributed by atoms with van der Waals surface area (Å²) < 4.78 is 10.6. The molecule has 2 aromatic rings. The van der Waals surface area contributed by atoms with Crippen LogP contribution in [0.4, 0.5) is 5.69 Å². The molecule has 0 unspecified atom stereocenters. The lowest BCUT2D eigenvalue weighted by Gasteiger charge is -2.10. The maximum absolute atomic E-state index is 12.0. The zero-order chi connectivity index (χ0) is 16.9. The zero-order valence-corrected chi connectivity index (χ0v) is 14.0. The SMILES string of the molecule is CC(C)c1ccc(NCC(=O)NCc2ccc3c(c2)OCO3)cc1. The lowest BCUT2D eigenvalue weighted by molar-refractivity contribution is -0.119. The molecule has 126 valence electrons. The van der Waals surface area contributed by atoms with Gasteiger partial charge in [0.15, 0.2) is 11.5 Å². The number of carbonyl (C=O) groups excluding carboxylic acids is 1. The second-order valence-corrected chi connectivity index (χ2v) is 6.09. The molecule has 2 aromatic carbocycles. The van der Waals surface area contributed by atoms with E-state index >= 15 is 0 Å². The maximum atomic E-state index is 12.0. The number of carbonyl (C=O) groups is 1. The quantitative estimate of drug-likeness (QED) is 0.855. The number of nitrogens with one attached hydrogen (secondary N) is 2. The van der Waals surface area contributed by atoms with Crippen LogP contribution in [0.15, 0.2) is 42.5 Å². The van der Waals surface area contributed by atoms with Crippen LogP contribution in [0, 0.1) is 0 Å². The van der Waals surface area contributed by atoms with Crippen molar-refractivity contribution in [1.29, 1.82) is 0 Å². The van der Waals surface area contributed by atoms with Crippen molar-refractivity contribution in [2.45, 2.75) is 26.3 Å². The van der Waals surface area contributed by atoms with Crippen LogP contribution in [0.2, 0.25) is 0 Å². The average molecular weight is 326 g/mol. The van der Waals surface area contributed by atoms with Crippen LogP contribution in [-0.2, 0) is 11.3 Å². The fraction of sp³-hybridized carbons (Fsp3) is 0.316. The highest BCUT2D eigenvalue weighted by Gasteiger charge is 2.13. The molecule has 5 nitrogen and oxygen atoms in total. The highest BCUT2D eigenvalue weighted by Crippen LogP contribution is 2.32. The summed E-state index contributed by atoms with van der Waals surface area (Å²) in [5, 5.41) is 6.02. The van der Waals surface area contributed by atoms with Gasteiger partial charge in [-0.3, -0.25) is 4.79 Å². The lowest BCUT2D eigenvalue weighted by atomic mass is 10.0. The van der Waals surface area contributed by atoms with Crippen LogP contribution in [0.25, 0.3) is 0 Å². The molecular formula is C19H22N2O3. The molecule has 0 spiro atoms. The van der Waals surface area contributed by atoms with Gasteiger partial charge in [0, 0.05) is 12.2 Å². The van der Waals surface area contributed by atoms with E-state index in [0.717, 1.165) is 22.7 Å². The smallest absolute Gasteiger partial charge is 0.239 e. The summed E-state index contributed by atoms with van der Waals surface area (Å²) in [4.78, 5) is 12.0. The van der Waals surface area contributed by atoms with E-state index in [1.54, 1.807) is 0 Å². The molecule has 0 saturated carbocycles. The Balaban J connectivity index is 1.45. The van der Waals surface area contributed by atoms with Gasteiger partial charge in [0.25, 0.3) is 0 Å². The average Bonchev–Trinajstić information content (AvgIpc) is 3.06. The second kappa shape index (κ2) is 7.25. The van der Waals surface area contributed by atoms with Crippen LogP contribution in [0.5, 0.6) is 11.5 Å². The predicted octanol–water partition coefficient (Wildman–Crippen LogP) is 3.27. The van der Waals surface area contributed by atoms with Gasteiger partial charge in [-0.25, -0.2) is 0 Å². The minimum Gasteiger partial charge on any atom is -0.454 e. The Kier molecular flexibility index (Phi) is 4.89. The number of amides is 1. The third-order valence-corrected chi connectivity index (χ3v) is 3.96. The molecule has 0 bridgehead atoms. The van der Waals surface area contributed by atoms with Gasteiger partial charge in [-0.15, -0.1) is 0 Å². The minimum absolute atomic E-state index is 0.0550. The lowest BCUT2D eigenvalue weighted by Crippen LogP contribution is -2.29. The molecule has 5 heteroatoms. The minimum atomic E-state index is -0.0550. The number of hydrogen-bond acceptors (Lipinski definition) is 4. The summed E-state index contributed by atoms with van der Waals surface area (Å²) in [6, 6.07) is 13.8. The van der Waals surface area contributed by atoms with Crippen molar-refractivity contribution in [2.75, 3.05) is 18.7 Å².